The molecule has 2 aromatic rings. The normalized spacial score (nSPS) is 12.3. The molecule has 162 valence electrons. The minimum absolute atomic E-state index is 0.0823. The van der Waals surface area contributed by atoms with Gasteiger partial charge < -0.3 is 16.0 Å². The SMILES string of the molecule is CC(C)CC(NC(=O)C(Cc1ccccc1)NC(=O)c1cnccn1)C(=O)NCC#N. The molecule has 0 bridgehead atoms. The van der Waals surface area contributed by atoms with Gasteiger partial charge in [-0.15, -0.1) is 0 Å². The van der Waals surface area contributed by atoms with Crippen LogP contribution in [0.1, 0.15) is 36.3 Å². The molecule has 0 saturated carbocycles. The first-order chi connectivity index (χ1) is 14.9. The molecular formula is C22H26N6O3. The van der Waals surface area contributed by atoms with Gasteiger partial charge >= 0.3 is 0 Å². The zero-order chi connectivity index (χ0) is 22.6. The molecular weight excluding hydrogens is 396 g/mol. The van der Waals surface area contributed by atoms with Gasteiger partial charge in [-0.3, -0.25) is 19.4 Å². The molecule has 2 unspecified atom stereocenters. The van der Waals surface area contributed by atoms with Crippen molar-refractivity contribution in [2.45, 2.75) is 38.8 Å². The summed E-state index contributed by atoms with van der Waals surface area (Å²) in [5.41, 5.74) is 0.926. The van der Waals surface area contributed by atoms with Crippen LogP contribution in [-0.4, -0.2) is 46.3 Å². The summed E-state index contributed by atoms with van der Waals surface area (Å²) in [6, 6.07) is 9.31. The van der Waals surface area contributed by atoms with E-state index in [9.17, 15) is 14.4 Å². The zero-order valence-electron chi connectivity index (χ0n) is 17.5. The molecule has 2 atom stereocenters. The van der Waals surface area contributed by atoms with Crippen LogP contribution >= 0.6 is 0 Å². The number of nitrogens with zero attached hydrogens (tertiary/aromatic N) is 3. The number of carbonyl (C=O) groups is 3. The van der Waals surface area contributed by atoms with Crippen molar-refractivity contribution < 1.29 is 14.4 Å². The topological polar surface area (TPSA) is 137 Å². The Balaban J connectivity index is 2.19. The predicted octanol–water partition coefficient (Wildman–Crippen LogP) is 0.988. The van der Waals surface area contributed by atoms with E-state index in [1.807, 2.05) is 50.2 Å². The molecule has 0 spiro atoms. The van der Waals surface area contributed by atoms with Crippen molar-refractivity contribution in [2.24, 2.45) is 5.92 Å². The number of carbonyl (C=O) groups excluding carboxylic acids is 3. The average Bonchev–Trinajstić information content (AvgIpc) is 2.77. The maximum atomic E-state index is 13.1. The molecule has 9 nitrogen and oxygen atoms in total. The first kappa shape index (κ1) is 23.5. The van der Waals surface area contributed by atoms with E-state index >= 15 is 0 Å². The highest BCUT2D eigenvalue weighted by molar-refractivity contribution is 5.97. The Kier molecular flexibility index (Phi) is 9.11. The summed E-state index contributed by atoms with van der Waals surface area (Å²) in [6.07, 6.45) is 4.76. The Labute approximate surface area is 181 Å². The van der Waals surface area contributed by atoms with Crippen LogP contribution in [0.2, 0.25) is 0 Å². The average molecular weight is 422 g/mol. The standard InChI is InChI=1S/C22H26N6O3/c1-15(2)12-17(20(29)26-9-8-23)27-21(30)18(13-16-6-4-3-5-7-16)28-22(31)19-14-24-10-11-25-19/h3-7,10-11,14-15,17-18H,9,12-13H2,1-2H3,(H,26,29)(H,27,30)(H,28,31). The van der Waals surface area contributed by atoms with Gasteiger partial charge in [-0.05, 0) is 17.9 Å². The van der Waals surface area contributed by atoms with Crippen molar-refractivity contribution in [3.63, 3.8) is 0 Å². The lowest BCUT2D eigenvalue weighted by molar-refractivity contribution is -0.130. The summed E-state index contributed by atoms with van der Waals surface area (Å²) in [7, 11) is 0. The smallest absolute Gasteiger partial charge is 0.272 e. The van der Waals surface area contributed by atoms with Crippen molar-refractivity contribution in [2.75, 3.05) is 6.54 Å². The number of benzene rings is 1. The van der Waals surface area contributed by atoms with Crippen molar-refractivity contribution in [1.82, 2.24) is 25.9 Å². The third-order valence-corrected chi connectivity index (χ3v) is 4.38. The molecule has 9 heteroatoms. The first-order valence-electron chi connectivity index (χ1n) is 9.96. The van der Waals surface area contributed by atoms with E-state index in [1.165, 1.54) is 18.6 Å². The Morgan fingerprint density at radius 3 is 2.39 bits per heavy atom. The van der Waals surface area contributed by atoms with Gasteiger partial charge in [-0.1, -0.05) is 44.2 Å². The van der Waals surface area contributed by atoms with Crippen LogP contribution in [-0.2, 0) is 16.0 Å². The van der Waals surface area contributed by atoms with E-state index in [0.29, 0.717) is 6.42 Å². The van der Waals surface area contributed by atoms with Gasteiger partial charge in [0.2, 0.25) is 11.8 Å². The molecule has 0 saturated heterocycles. The second kappa shape index (κ2) is 12.0. The van der Waals surface area contributed by atoms with Crippen LogP contribution < -0.4 is 16.0 Å². The molecule has 1 aromatic carbocycles. The summed E-state index contributed by atoms with van der Waals surface area (Å²) in [4.78, 5) is 45.9. The monoisotopic (exact) mass is 422 g/mol. The van der Waals surface area contributed by atoms with Crippen LogP contribution in [0.15, 0.2) is 48.9 Å². The first-order valence-corrected chi connectivity index (χ1v) is 9.96. The van der Waals surface area contributed by atoms with E-state index in [-0.39, 0.29) is 24.6 Å². The zero-order valence-corrected chi connectivity index (χ0v) is 17.5. The summed E-state index contributed by atoms with van der Waals surface area (Å²) < 4.78 is 0. The molecule has 2 rings (SSSR count). The lowest BCUT2D eigenvalue weighted by Gasteiger charge is -2.24. The van der Waals surface area contributed by atoms with Gasteiger partial charge in [0.1, 0.15) is 24.3 Å². The molecule has 0 aliphatic carbocycles. The quantitative estimate of drug-likeness (QED) is 0.488. The van der Waals surface area contributed by atoms with E-state index in [2.05, 4.69) is 25.9 Å². The minimum Gasteiger partial charge on any atom is -0.342 e. The summed E-state index contributed by atoms with van der Waals surface area (Å²) in [5, 5.41) is 16.6. The maximum absolute atomic E-state index is 13.1. The highest BCUT2D eigenvalue weighted by Crippen LogP contribution is 2.08. The molecule has 0 radical (unpaired) electrons. The number of hydrogen-bond acceptors (Lipinski definition) is 6. The van der Waals surface area contributed by atoms with Gasteiger partial charge in [0.25, 0.3) is 5.91 Å². The van der Waals surface area contributed by atoms with E-state index in [0.717, 1.165) is 5.56 Å². The van der Waals surface area contributed by atoms with Crippen LogP contribution in [0.25, 0.3) is 0 Å². The fraction of sp³-hybridized carbons (Fsp3) is 0.364. The molecule has 31 heavy (non-hydrogen) atoms. The fourth-order valence-electron chi connectivity index (χ4n) is 2.93. The second-order valence-corrected chi connectivity index (χ2v) is 7.37. The molecule has 0 aliphatic heterocycles. The molecule has 1 aromatic heterocycles. The Morgan fingerprint density at radius 1 is 1.03 bits per heavy atom. The third kappa shape index (κ3) is 7.85. The van der Waals surface area contributed by atoms with Crippen molar-refractivity contribution in [3.8, 4) is 6.07 Å². The minimum atomic E-state index is -0.935. The highest BCUT2D eigenvalue weighted by Gasteiger charge is 2.28. The molecule has 1 heterocycles. The van der Waals surface area contributed by atoms with Crippen LogP contribution in [0.4, 0.5) is 0 Å². The molecule has 0 fully saturated rings. The maximum Gasteiger partial charge on any atom is 0.272 e. The predicted molar refractivity (Wildman–Crippen MR) is 113 cm³/mol. The summed E-state index contributed by atoms with van der Waals surface area (Å²) in [5.74, 6) is -1.36. The summed E-state index contributed by atoms with van der Waals surface area (Å²) >= 11 is 0. The van der Waals surface area contributed by atoms with Crippen LogP contribution in [0.5, 0.6) is 0 Å². The fourth-order valence-corrected chi connectivity index (χ4v) is 2.93. The van der Waals surface area contributed by atoms with Gasteiger partial charge in [-0.25, -0.2) is 4.98 Å². The van der Waals surface area contributed by atoms with Gasteiger partial charge in [-0.2, -0.15) is 5.26 Å². The largest absolute Gasteiger partial charge is 0.342 e. The lowest BCUT2D eigenvalue weighted by Crippen LogP contribution is -2.54. The Morgan fingerprint density at radius 2 is 1.77 bits per heavy atom. The molecule has 3 amide bonds. The summed E-state index contributed by atoms with van der Waals surface area (Å²) in [6.45, 7) is 3.70. The Hall–Kier alpha value is -3.80. The molecule has 3 N–H and O–H groups in total. The van der Waals surface area contributed by atoms with E-state index < -0.39 is 29.8 Å². The van der Waals surface area contributed by atoms with Gasteiger partial charge in [0, 0.05) is 18.8 Å². The van der Waals surface area contributed by atoms with Crippen molar-refractivity contribution in [1.29, 1.82) is 5.26 Å². The number of nitrogens with one attached hydrogen (secondary N) is 3. The van der Waals surface area contributed by atoms with Crippen LogP contribution in [0.3, 0.4) is 0 Å². The number of rotatable bonds is 10. The van der Waals surface area contributed by atoms with Gasteiger partial charge in [0.05, 0.1) is 12.3 Å². The molecule has 0 aliphatic rings. The number of aromatic nitrogens is 2. The highest BCUT2D eigenvalue weighted by atomic mass is 16.2. The number of nitriles is 1. The van der Waals surface area contributed by atoms with Crippen LogP contribution in [0, 0.1) is 17.2 Å². The van der Waals surface area contributed by atoms with Crippen molar-refractivity contribution in [3.05, 3.63) is 60.2 Å². The van der Waals surface area contributed by atoms with Crippen molar-refractivity contribution >= 4 is 17.7 Å². The number of amides is 3. The Bertz CT molecular complexity index is 912. The third-order valence-electron chi connectivity index (χ3n) is 4.38. The van der Waals surface area contributed by atoms with E-state index in [1.54, 1.807) is 0 Å². The second-order valence-electron chi connectivity index (χ2n) is 7.37. The lowest BCUT2D eigenvalue weighted by atomic mass is 10.0. The van der Waals surface area contributed by atoms with Gasteiger partial charge in [0.15, 0.2) is 0 Å². The number of hydrogen-bond donors (Lipinski definition) is 3. The van der Waals surface area contributed by atoms with E-state index in [4.69, 9.17) is 5.26 Å².